The fraction of sp³-hybridized carbons (Fsp3) is 0.600. The van der Waals surface area contributed by atoms with Gasteiger partial charge < -0.3 is 5.11 Å². The van der Waals surface area contributed by atoms with Crippen molar-refractivity contribution in [2.24, 2.45) is 22.7 Å². The van der Waals surface area contributed by atoms with E-state index in [1.807, 2.05) is 13.8 Å². The number of fused-ring (bicyclic) bond motifs is 3. The van der Waals surface area contributed by atoms with Crippen molar-refractivity contribution in [1.29, 1.82) is 0 Å². The number of hydrogen-bond acceptors (Lipinski definition) is 3. The van der Waals surface area contributed by atoms with E-state index in [9.17, 15) is 14.7 Å². The van der Waals surface area contributed by atoms with Crippen LogP contribution in [0.5, 0.6) is 0 Å². The quantitative estimate of drug-likeness (QED) is 0.785. The number of Topliss-reactive ketones (excluding diaryl/α,β-unsaturated/α-hetero) is 1. The summed E-state index contributed by atoms with van der Waals surface area (Å²) in [6.07, 6.45) is 5.97. The Bertz CT molecular complexity index is 688. The number of carbonyl (C=O) groups is 2. The second-order valence-corrected chi connectivity index (χ2v) is 8.50. The summed E-state index contributed by atoms with van der Waals surface area (Å²) >= 11 is 0. The molecule has 3 rings (SSSR count). The molecule has 0 heterocycles. The van der Waals surface area contributed by atoms with Gasteiger partial charge in [0.2, 0.25) is 0 Å². The van der Waals surface area contributed by atoms with Crippen LogP contribution in [-0.2, 0) is 9.59 Å². The third-order valence-electron chi connectivity index (χ3n) is 6.02. The molecule has 23 heavy (non-hydrogen) atoms. The van der Waals surface area contributed by atoms with Gasteiger partial charge in [0.05, 0.1) is 0 Å². The van der Waals surface area contributed by atoms with Gasteiger partial charge in [-0.2, -0.15) is 0 Å². The van der Waals surface area contributed by atoms with Crippen molar-refractivity contribution < 1.29 is 14.7 Å². The maximum atomic E-state index is 12.9. The summed E-state index contributed by atoms with van der Waals surface area (Å²) in [4.78, 5) is 25.7. The molecule has 1 fully saturated rings. The summed E-state index contributed by atoms with van der Waals surface area (Å²) in [6.45, 7) is 10.2. The minimum atomic E-state index is -0.457. The van der Waals surface area contributed by atoms with E-state index in [2.05, 4.69) is 20.8 Å². The van der Waals surface area contributed by atoms with E-state index >= 15 is 0 Å². The smallest absolute Gasteiger partial charge is 0.189 e. The number of ketones is 2. The Morgan fingerprint density at radius 2 is 1.78 bits per heavy atom. The van der Waals surface area contributed by atoms with Gasteiger partial charge in [-0.15, -0.1) is 0 Å². The zero-order valence-electron chi connectivity index (χ0n) is 14.7. The van der Waals surface area contributed by atoms with Crippen LogP contribution >= 0.6 is 0 Å². The molecule has 0 radical (unpaired) electrons. The molecular weight excluding hydrogens is 288 g/mol. The van der Waals surface area contributed by atoms with Gasteiger partial charge in [0.25, 0.3) is 0 Å². The summed E-state index contributed by atoms with van der Waals surface area (Å²) in [6, 6.07) is 0. The van der Waals surface area contributed by atoms with Crippen molar-refractivity contribution in [2.45, 2.75) is 53.9 Å². The predicted molar refractivity (Wildman–Crippen MR) is 89.9 cm³/mol. The largest absolute Gasteiger partial charge is 0.508 e. The summed E-state index contributed by atoms with van der Waals surface area (Å²) in [5.74, 6) is -0.0226. The van der Waals surface area contributed by atoms with E-state index in [1.54, 1.807) is 6.08 Å². The number of rotatable bonds is 1. The molecule has 124 valence electrons. The topological polar surface area (TPSA) is 54.4 Å². The number of carbonyl (C=O) groups excluding carboxylic acids is 2. The highest BCUT2D eigenvalue weighted by molar-refractivity contribution is 6.18. The zero-order chi connectivity index (χ0) is 17.2. The van der Waals surface area contributed by atoms with Crippen LogP contribution in [0.25, 0.3) is 0 Å². The summed E-state index contributed by atoms with van der Waals surface area (Å²) < 4.78 is 0. The van der Waals surface area contributed by atoms with Crippen molar-refractivity contribution in [3.63, 3.8) is 0 Å². The summed E-state index contributed by atoms with van der Waals surface area (Å²) in [5, 5.41) is 10.7. The van der Waals surface area contributed by atoms with Crippen molar-refractivity contribution in [3.05, 3.63) is 34.6 Å². The van der Waals surface area contributed by atoms with Crippen LogP contribution in [0, 0.1) is 22.7 Å². The van der Waals surface area contributed by atoms with E-state index in [4.69, 9.17) is 0 Å². The van der Waals surface area contributed by atoms with Gasteiger partial charge in [-0.25, -0.2) is 0 Å². The third kappa shape index (κ3) is 2.16. The molecule has 2 atom stereocenters. The van der Waals surface area contributed by atoms with E-state index < -0.39 is 5.41 Å². The van der Waals surface area contributed by atoms with Gasteiger partial charge in [-0.1, -0.05) is 41.0 Å². The first-order chi connectivity index (χ1) is 10.6. The second kappa shape index (κ2) is 4.93. The minimum Gasteiger partial charge on any atom is -0.508 e. The molecule has 1 saturated carbocycles. The molecule has 3 aliphatic rings. The van der Waals surface area contributed by atoms with E-state index in [-0.39, 0.29) is 34.6 Å². The first kappa shape index (κ1) is 16.2. The molecule has 0 spiro atoms. The van der Waals surface area contributed by atoms with Crippen LogP contribution in [-0.4, -0.2) is 16.7 Å². The average molecular weight is 314 g/mol. The first-order valence-corrected chi connectivity index (χ1v) is 8.55. The van der Waals surface area contributed by atoms with E-state index in [1.165, 1.54) is 6.08 Å². The number of aliphatic hydroxyl groups is 1. The standard InChI is InChI=1S/C20H26O3/c1-11(2)12-9-14(21)16-13(17(12)23)10-15(22)18-19(3,4)7-6-8-20(16,18)5/h9-11,18,21H,6-8H2,1-5H3/t18-,20+/m0/s1. The molecule has 0 bridgehead atoms. The molecule has 3 nitrogen and oxygen atoms in total. The highest BCUT2D eigenvalue weighted by atomic mass is 16.3. The lowest BCUT2D eigenvalue weighted by Gasteiger charge is -2.53. The fourth-order valence-corrected chi connectivity index (χ4v) is 5.12. The molecule has 3 heteroatoms. The van der Waals surface area contributed by atoms with E-state index in [0.717, 1.165) is 19.3 Å². The lowest BCUT2D eigenvalue weighted by atomic mass is 9.49. The first-order valence-electron chi connectivity index (χ1n) is 8.55. The van der Waals surface area contributed by atoms with Gasteiger partial charge in [0.15, 0.2) is 11.6 Å². The maximum Gasteiger partial charge on any atom is 0.189 e. The molecule has 0 aromatic rings. The predicted octanol–water partition coefficient (Wildman–Crippen LogP) is 4.31. The molecule has 0 unspecified atom stereocenters. The Kier molecular flexibility index (Phi) is 3.48. The lowest BCUT2D eigenvalue weighted by molar-refractivity contribution is -0.131. The minimum absolute atomic E-state index is 0.0236. The second-order valence-electron chi connectivity index (χ2n) is 8.50. The van der Waals surface area contributed by atoms with Crippen molar-refractivity contribution in [2.75, 3.05) is 0 Å². The number of allylic oxidation sites excluding steroid dienone is 5. The summed E-state index contributed by atoms with van der Waals surface area (Å²) in [5.41, 5.74) is 1.13. The van der Waals surface area contributed by atoms with Crippen LogP contribution in [0.1, 0.15) is 53.9 Å². The Labute approximate surface area is 138 Å². The normalized spacial score (nSPS) is 33.2. The highest BCUT2D eigenvalue weighted by Gasteiger charge is 2.56. The number of aliphatic hydroxyl groups excluding tert-OH is 1. The van der Waals surface area contributed by atoms with Crippen LogP contribution in [0.15, 0.2) is 34.6 Å². The van der Waals surface area contributed by atoms with Gasteiger partial charge >= 0.3 is 0 Å². The molecular formula is C20H26O3. The molecule has 0 amide bonds. The van der Waals surface area contributed by atoms with Gasteiger partial charge in [-0.3, -0.25) is 9.59 Å². The van der Waals surface area contributed by atoms with Crippen LogP contribution in [0.3, 0.4) is 0 Å². The van der Waals surface area contributed by atoms with E-state index in [0.29, 0.717) is 16.7 Å². The zero-order valence-corrected chi connectivity index (χ0v) is 14.7. The van der Waals surface area contributed by atoms with Gasteiger partial charge in [0, 0.05) is 28.1 Å². The monoisotopic (exact) mass is 314 g/mol. The fourth-order valence-electron chi connectivity index (χ4n) is 5.12. The molecule has 3 aliphatic carbocycles. The summed E-state index contributed by atoms with van der Waals surface area (Å²) in [7, 11) is 0. The molecule has 0 saturated heterocycles. The highest BCUT2D eigenvalue weighted by Crippen LogP contribution is 2.59. The Morgan fingerprint density at radius 3 is 2.39 bits per heavy atom. The molecule has 0 aromatic carbocycles. The van der Waals surface area contributed by atoms with Crippen LogP contribution < -0.4 is 0 Å². The molecule has 0 aromatic heterocycles. The Balaban J connectivity index is 2.26. The number of hydrogen-bond donors (Lipinski definition) is 1. The van der Waals surface area contributed by atoms with Crippen LogP contribution in [0.4, 0.5) is 0 Å². The third-order valence-corrected chi connectivity index (χ3v) is 6.02. The van der Waals surface area contributed by atoms with Crippen LogP contribution in [0.2, 0.25) is 0 Å². The SMILES string of the molecule is CC(C)C1=CC(O)=C2C(=CC(=O)[C@H]3C(C)(C)CCC[C@]23C)C1=O. The van der Waals surface area contributed by atoms with Crippen molar-refractivity contribution in [3.8, 4) is 0 Å². The van der Waals surface area contributed by atoms with Gasteiger partial charge in [0.1, 0.15) is 5.76 Å². The van der Waals surface area contributed by atoms with Crippen molar-refractivity contribution >= 4 is 11.6 Å². The molecule has 1 N–H and O–H groups in total. The van der Waals surface area contributed by atoms with Gasteiger partial charge in [-0.05, 0) is 36.3 Å². The molecule has 0 aliphatic heterocycles. The lowest BCUT2D eigenvalue weighted by Crippen LogP contribution is -2.51. The maximum absolute atomic E-state index is 12.9. The Morgan fingerprint density at radius 1 is 1.13 bits per heavy atom. The Hall–Kier alpha value is -1.64. The average Bonchev–Trinajstić information content (AvgIpc) is 2.40. The van der Waals surface area contributed by atoms with Crippen molar-refractivity contribution in [1.82, 2.24) is 0 Å².